The van der Waals surface area contributed by atoms with E-state index in [2.05, 4.69) is 12.1 Å². The summed E-state index contributed by atoms with van der Waals surface area (Å²) in [6, 6.07) is 22.2. The Morgan fingerprint density at radius 1 is 0.906 bits per heavy atom. The second-order valence-electron chi connectivity index (χ2n) is 7.89. The zero-order chi connectivity index (χ0) is 22.3. The summed E-state index contributed by atoms with van der Waals surface area (Å²) in [5, 5.41) is 0. The Labute approximate surface area is 193 Å². The highest BCUT2D eigenvalue weighted by atomic mass is 32.1. The van der Waals surface area contributed by atoms with Crippen LogP contribution in [-0.2, 0) is 11.2 Å². The first-order valence-corrected chi connectivity index (χ1v) is 11.8. The average molecular weight is 449 g/mol. The van der Waals surface area contributed by atoms with E-state index < -0.39 is 0 Å². The van der Waals surface area contributed by atoms with Gasteiger partial charge in [-0.05, 0) is 30.0 Å². The Bertz CT molecular complexity index is 1040. The van der Waals surface area contributed by atoms with Gasteiger partial charge in [0.25, 0.3) is 5.91 Å². The third kappa shape index (κ3) is 5.19. The van der Waals surface area contributed by atoms with Gasteiger partial charge in [0.1, 0.15) is 10.6 Å². The zero-order valence-electron chi connectivity index (χ0n) is 18.3. The minimum absolute atomic E-state index is 0.0230. The van der Waals surface area contributed by atoms with Crippen LogP contribution < -0.4 is 4.74 Å². The maximum Gasteiger partial charge on any atom is 0.267 e. The first-order chi connectivity index (χ1) is 15.7. The van der Waals surface area contributed by atoms with E-state index in [0.717, 1.165) is 23.3 Å². The number of hydrogen-bond acceptors (Lipinski definition) is 4. The predicted octanol–water partition coefficient (Wildman–Crippen LogP) is 4.73. The van der Waals surface area contributed by atoms with Crippen LogP contribution in [0.25, 0.3) is 10.4 Å². The maximum atomic E-state index is 13.2. The van der Waals surface area contributed by atoms with E-state index in [1.165, 1.54) is 16.9 Å². The molecule has 0 bridgehead atoms. The average Bonchev–Trinajstić information content (AvgIpc) is 3.29. The molecule has 1 aliphatic heterocycles. The molecule has 6 heteroatoms. The van der Waals surface area contributed by atoms with Crippen LogP contribution in [0.2, 0.25) is 0 Å². The van der Waals surface area contributed by atoms with Gasteiger partial charge in [-0.3, -0.25) is 9.59 Å². The van der Waals surface area contributed by atoms with Crippen LogP contribution in [0.1, 0.15) is 28.1 Å². The van der Waals surface area contributed by atoms with E-state index in [9.17, 15) is 9.59 Å². The van der Waals surface area contributed by atoms with Crippen LogP contribution in [0.15, 0.2) is 66.7 Å². The van der Waals surface area contributed by atoms with E-state index in [-0.39, 0.29) is 11.8 Å². The van der Waals surface area contributed by atoms with Crippen molar-refractivity contribution in [3.05, 3.63) is 77.2 Å². The molecule has 1 fully saturated rings. The lowest BCUT2D eigenvalue weighted by molar-refractivity contribution is -0.132. The molecule has 166 valence electrons. The van der Waals surface area contributed by atoms with Crippen LogP contribution in [0.4, 0.5) is 0 Å². The molecule has 2 amide bonds. The van der Waals surface area contributed by atoms with Gasteiger partial charge in [0.2, 0.25) is 5.91 Å². The summed E-state index contributed by atoms with van der Waals surface area (Å²) in [6.07, 6.45) is 2.30. The molecular formula is C26H28N2O3S. The molecule has 3 aromatic rings. The second-order valence-corrected chi connectivity index (χ2v) is 8.94. The molecule has 0 N–H and O–H groups in total. The van der Waals surface area contributed by atoms with Gasteiger partial charge >= 0.3 is 0 Å². The summed E-state index contributed by atoms with van der Waals surface area (Å²) in [5.41, 5.74) is 2.33. The Hall–Kier alpha value is -3.12. The largest absolute Gasteiger partial charge is 0.495 e. The molecule has 1 aliphatic rings. The number of rotatable bonds is 7. The minimum Gasteiger partial charge on any atom is -0.495 e. The number of aryl methyl sites for hydroxylation is 1. The van der Waals surface area contributed by atoms with Crippen LogP contribution in [0, 0.1) is 0 Å². The van der Waals surface area contributed by atoms with Crippen molar-refractivity contribution in [3.63, 3.8) is 0 Å². The van der Waals surface area contributed by atoms with Gasteiger partial charge in [-0.25, -0.2) is 0 Å². The van der Waals surface area contributed by atoms with Crippen molar-refractivity contribution in [2.24, 2.45) is 0 Å². The number of piperazine rings is 1. The lowest BCUT2D eigenvalue weighted by atomic mass is 10.1. The van der Waals surface area contributed by atoms with E-state index >= 15 is 0 Å². The van der Waals surface area contributed by atoms with E-state index in [1.807, 2.05) is 64.4 Å². The van der Waals surface area contributed by atoms with Crippen molar-refractivity contribution >= 4 is 23.2 Å². The van der Waals surface area contributed by atoms with Crippen molar-refractivity contribution in [1.29, 1.82) is 0 Å². The van der Waals surface area contributed by atoms with E-state index in [0.29, 0.717) is 43.2 Å². The number of methoxy groups -OCH3 is 1. The number of hydrogen-bond donors (Lipinski definition) is 0. The smallest absolute Gasteiger partial charge is 0.267 e. The summed E-state index contributed by atoms with van der Waals surface area (Å²) in [4.78, 5) is 31.1. The Morgan fingerprint density at radius 2 is 1.53 bits per heavy atom. The monoisotopic (exact) mass is 448 g/mol. The Kier molecular flexibility index (Phi) is 7.22. The summed E-state index contributed by atoms with van der Waals surface area (Å²) >= 11 is 1.46. The van der Waals surface area contributed by atoms with Crippen molar-refractivity contribution in [3.8, 4) is 16.2 Å². The molecule has 0 saturated carbocycles. The van der Waals surface area contributed by atoms with Gasteiger partial charge in [-0.1, -0.05) is 60.7 Å². The third-order valence-electron chi connectivity index (χ3n) is 5.79. The second kappa shape index (κ2) is 10.5. The first-order valence-electron chi connectivity index (χ1n) is 11.0. The molecule has 32 heavy (non-hydrogen) atoms. The number of amides is 2. The van der Waals surface area contributed by atoms with Crippen molar-refractivity contribution in [2.75, 3.05) is 33.3 Å². The lowest BCUT2D eigenvalue weighted by Gasteiger charge is -2.34. The van der Waals surface area contributed by atoms with Gasteiger partial charge < -0.3 is 14.5 Å². The normalized spacial score (nSPS) is 13.8. The molecule has 0 atom stereocenters. The quantitative estimate of drug-likeness (QED) is 0.525. The lowest BCUT2D eigenvalue weighted by Crippen LogP contribution is -2.50. The summed E-state index contributed by atoms with van der Waals surface area (Å²) in [7, 11) is 1.60. The molecule has 2 heterocycles. The number of carbonyl (C=O) groups is 2. The van der Waals surface area contributed by atoms with Crippen LogP contribution >= 0.6 is 11.3 Å². The minimum atomic E-state index is -0.0230. The van der Waals surface area contributed by atoms with Crippen molar-refractivity contribution in [1.82, 2.24) is 9.80 Å². The summed E-state index contributed by atoms with van der Waals surface area (Å²) in [5.74, 6) is 0.761. The molecule has 0 radical (unpaired) electrons. The molecular weight excluding hydrogens is 420 g/mol. The Morgan fingerprint density at radius 3 is 2.19 bits per heavy atom. The number of carbonyl (C=O) groups excluding carboxylic acids is 2. The van der Waals surface area contributed by atoms with E-state index in [4.69, 9.17) is 4.74 Å². The van der Waals surface area contributed by atoms with Gasteiger partial charge in [0.15, 0.2) is 0 Å². The molecule has 4 rings (SSSR count). The number of thiophene rings is 1. The third-order valence-corrected chi connectivity index (χ3v) is 6.94. The topological polar surface area (TPSA) is 49.9 Å². The highest BCUT2D eigenvalue weighted by molar-refractivity contribution is 7.17. The predicted molar refractivity (Wildman–Crippen MR) is 128 cm³/mol. The highest BCUT2D eigenvalue weighted by Gasteiger charge is 2.28. The molecule has 0 aliphatic carbocycles. The summed E-state index contributed by atoms with van der Waals surface area (Å²) in [6.45, 7) is 2.25. The van der Waals surface area contributed by atoms with Gasteiger partial charge in [0.05, 0.1) is 7.11 Å². The molecule has 2 aromatic carbocycles. The fourth-order valence-electron chi connectivity index (χ4n) is 3.97. The van der Waals surface area contributed by atoms with Crippen LogP contribution in [-0.4, -0.2) is 54.9 Å². The molecule has 1 saturated heterocycles. The molecule has 0 unspecified atom stereocenters. The highest BCUT2D eigenvalue weighted by Crippen LogP contribution is 2.37. The molecule has 1 aromatic heterocycles. The molecule has 5 nitrogen and oxygen atoms in total. The number of benzene rings is 2. The van der Waals surface area contributed by atoms with Crippen molar-refractivity contribution in [2.45, 2.75) is 19.3 Å². The SMILES string of the molecule is COc1cc(-c2ccccc2)sc1C(=O)N1CCN(C(=O)CCCc2ccccc2)CC1. The first kappa shape index (κ1) is 22.1. The zero-order valence-corrected chi connectivity index (χ0v) is 19.1. The van der Waals surface area contributed by atoms with Gasteiger partial charge in [0, 0.05) is 37.5 Å². The van der Waals surface area contributed by atoms with Gasteiger partial charge in [-0.2, -0.15) is 0 Å². The van der Waals surface area contributed by atoms with Crippen LogP contribution in [0.3, 0.4) is 0 Å². The number of nitrogens with zero attached hydrogens (tertiary/aromatic N) is 2. The maximum absolute atomic E-state index is 13.2. The Balaban J connectivity index is 1.31. The fraction of sp³-hybridized carbons (Fsp3) is 0.308. The van der Waals surface area contributed by atoms with E-state index in [1.54, 1.807) is 7.11 Å². The summed E-state index contributed by atoms with van der Waals surface area (Å²) < 4.78 is 5.50. The number of ether oxygens (including phenoxy) is 1. The van der Waals surface area contributed by atoms with Crippen molar-refractivity contribution < 1.29 is 14.3 Å². The van der Waals surface area contributed by atoms with Crippen LogP contribution in [0.5, 0.6) is 5.75 Å². The van der Waals surface area contributed by atoms with Gasteiger partial charge in [-0.15, -0.1) is 11.3 Å². The molecule has 0 spiro atoms. The standard InChI is InChI=1S/C26H28N2O3S/c1-31-22-19-23(21-12-6-3-7-13-21)32-25(22)26(30)28-17-15-27(16-18-28)24(29)14-8-11-20-9-4-2-5-10-20/h2-7,9-10,12-13,19H,8,11,14-18H2,1H3. The fourth-order valence-corrected chi connectivity index (χ4v) is 5.07.